The van der Waals surface area contributed by atoms with Crippen LogP contribution in [0.25, 0.3) is 0 Å². The van der Waals surface area contributed by atoms with Crippen LogP contribution in [-0.4, -0.2) is 32.6 Å². The fourth-order valence-corrected chi connectivity index (χ4v) is 3.94. The van der Waals surface area contributed by atoms with Crippen LogP contribution in [-0.2, 0) is 16.4 Å². The molecule has 1 fully saturated rings. The van der Waals surface area contributed by atoms with Crippen molar-refractivity contribution in [1.82, 2.24) is 5.32 Å². The Morgan fingerprint density at radius 2 is 2.10 bits per heavy atom. The highest BCUT2D eigenvalue weighted by Gasteiger charge is 2.23. The molecule has 0 radical (unpaired) electrons. The standard InChI is InChI=1S/C14H18N2O3S/c15-7-8-19-14-5-3-12(4-6-14)10-16-13-2-1-9-20(17,18)11-13/h3-6,13,16H,1-2,8-11H2. The Morgan fingerprint density at radius 1 is 1.35 bits per heavy atom. The lowest BCUT2D eigenvalue weighted by Gasteiger charge is -2.23. The molecular weight excluding hydrogens is 276 g/mol. The molecule has 1 aliphatic heterocycles. The molecule has 0 aliphatic carbocycles. The molecule has 1 N–H and O–H groups in total. The highest BCUT2D eigenvalue weighted by molar-refractivity contribution is 7.91. The van der Waals surface area contributed by atoms with E-state index >= 15 is 0 Å². The molecule has 108 valence electrons. The van der Waals surface area contributed by atoms with Crippen molar-refractivity contribution >= 4 is 9.84 Å². The number of nitrogens with zero attached hydrogens (tertiary/aromatic N) is 1. The number of sulfone groups is 1. The zero-order valence-corrected chi connectivity index (χ0v) is 12.0. The summed E-state index contributed by atoms with van der Waals surface area (Å²) in [7, 11) is -2.87. The van der Waals surface area contributed by atoms with Gasteiger partial charge in [0, 0.05) is 12.6 Å². The van der Waals surface area contributed by atoms with E-state index in [1.807, 2.05) is 30.3 Å². The second kappa shape index (κ2) is 6.73. The molecule has 5 nitrogen and oxygen atoms in total. The van der Waals surface area contributed by atoms with Gasteiger partial charge in [0.2, 0.25) is 0 Å². The van der Waals surface area contributed by atoms with E-state index in [9.17, 15) is 8.42 Å². The molecule has 1 aromatic rings. The van der Waals surface area contributed by atoms with Gasteiger partial charge in [-0.1, -0.05) is 12.1 Å². The molecule has 1 atom stereocenters. The lowest BCUT2D eigenvalue weighted by molar-refractivity contribution is 0.368. The number of nitrogens with one attached hydrogen (secondary N) is 1. The quantitative estimate of drug-likeness (QED) is 0.884. The number of hydrogen-bond acceptors (Lipinski definition) is 5. The first-order valence-electron chi connectivity index (χ1n) is 6.61. The largest absolute Gasteiger partial charge is 0.479 e. The number of nitriles is 1. The van der Waals surface area contributed by atoms with Crippen molar-refractivity contribution in [3.63, 3.8) is 0 Å². The smallest absolute Gasteiger partial charge is 0.174 e. The molecular formula is C14H18N2O3S. The van der Waals surface area contributed by atoms with Crippen molar-refractivity contribution < 1.29 is 13.2 Å². The Balaban J connectivity index is 1.83. The van der Waals surface area contributed by atoms with Crippen LogP contribution in [0.15, 0.2) is 24.3 Å². The Bertz CT molecular complexity index is 575. The van der Waals surface area contributed by atoms with Gasteiger partial charge in [0.15, 0.2) is 16.4 Å². The van der Waals surface area contributed by atoms with Crippen molar-refractivity contribution in [3.05, 3.63) is 29.8 Å². The van der Waals surface area contributed by atoms with E-state index in [4.69, 9.17) is 10.00 Å². The average molecular weight is 294 g/mol. The van der Waals surface area contributed by atoms with Crippen LogP contribution in [0.5, 0.6) is 5.75 Å². The van der Waals surface area contributed by atoms with Gasteiger partial charge >= 0.3 is 0 Å². The van der Waals surface area contributed by atoms with E-state index in [0.29, 0.717) is 18.0 Å². The van der Waals surface area contributed by atoms with E-state index in [0.717, 1.165) is 18.4 Å². The SMILES string of the molecule is N#CCOc1ccc(CNC2CCCS(=O)(=O)C2)cc1. The van der Waals surface area contributed by atoms with Crippen molar-refractivity contribution in [1.29, 1.82) is 5.26 Å². The summed E-state index contributed by atoms with van der Waals surface area (Å²) in [5.41, 5.74) is 1.07. The second-order valence-electron chi connectivity index (χ2n) is 4.93. The molecule has 0 saturated carbocycles. The Morgan fingerprint density at radius 3 is 2.75 bits per heavy atom. The van der Waals surface area contributed by atoms with Crippen LogP contribution in [0, 0.1) is 11.3 Å². The van der Waals surface area contributed by atoms with Crippen LogP contribution in [0.2, 0.25) is 0 Å². The molecule has 1 saturated heterocycles. The van der Waals surface area contributed by atoms with Crippen molar-refractivity contribution in [2.75, 3.05) is 18.1 Å². The molecule has 6 heteroatoms. The highest BCUT2D eigenvalue weighted by Crippen LogP contribution is 2.14. The van der Waals surface area contributed by atoms with Gasteiger partial charge in [-0.3, -0.25) is 0 Å². The fourth-order valence-electron chi connectivity index (χ4n) is 2.27. The zero-order chi connectivity index (χ0) is 14.4. The van der Waals surface area contributed by atoms with Crippen LogP contribution in [0.1, 0.15) is 18.4 Å². The van der Waals surface area contributed by atoms with Gasteiger partial charge < -0.3 is 10.1 Å². The van der Waals surface area contributed by atoms with Crippen LogP contribution < -0.4 is 10.1 Å². The minimum Gasteiger partial charge on any atom is -0.479 e. The topological polar surface area (TPSA) is 79.2 Å². The van der Waals surface area contributed by atoms with Gasteiger partial charge in [-0.2, -0.15) is 5.26 Å². The van der Waals surface area contributed by atoms with E-state index in [1.54, 1.807) is 0 Å². The third-order valence-electron chi connectivity index (χ3n) is 3.28. The van der Waals surface area contributed by atoms with Gasteiger partial charge in [-0.15, -0.1) is 0 Å². The number of rotatable bonds is 5. The Labute approximate surface area is 119 Å². The molecule has 1 aliphatic rings. The predicted molar refractivity (Wildman–Crippen MR) is 76.1 cm³/mol. The molecule has 0 aromatic heterocycles. The van der Waals surface area contributed by atoms with E-state index < -0.39 is 9.84 Å². The summed E-state index contributed by atoms with van der Waals surface area (Å²) in [4.78, 5) is 0. The summed E-state index contributed by atoms with van der Waals surface area (Å²) in [5, 5.41) is 11.7. The van der Waals surface area contributed by atoms with E-state index in [2.05, 4.69) is 5.32 Å². The molecule has 1 aromatic carbocycles. The third-order valence-corrected chi connectivity index (χ3v) is 5.11. The first kappa shape index (κ1) is 14.8. The summed E-state index contributed by atoms with van der Waals surface area (Å²) in [6.07, 6.45) is 1.64. The van der Waals surface area contributed by atoms with Gasteiger partial charge in [0.1, 0.15) is 11.8 Å². The minimum atomic E-state index is -2.87. The van der Waals surface area contributed by atoms with Crippen molar-refractivity contribution in [2.45, 2.75) is 25.4 Å². The van der Waals surface area contributed by atoms with Crippen LogP contribution in [0.4, 0.5) is 0 Å². The summed E-state index contributed by atoms with van der Waals surface area (Å²) >= 11 is 0. The maximum Gasteiger partial charge on any atom is 0.174 e. The number of benzene rings is 1. The molecule has 0 amide bonds. The van der Waals surface area contributed by atoms with E-state index in [-0.39, 0.29) is 18.4 Å². The van der Waals surface area contributed by atoms with Gasteiger partial charge in [-0.05, 0) is 30.5 Å². The lowest BCUT2D eigenvalue weighted by atomic mass is 10.1. The molecule has 2 rings (SSSR count). The summed E-state index contributed by atoms with van der Waals surface area (Å²) < 4.78 is 28.2. The first-order chi connectivity index (χ1) is 9.59. The molecule has 1 unspecified atom stereocenters. The molecule has 1 heterocycles. The number of ether oxygens (including phenoxy) is 1. The summed E-state index contributed by atoms with van der Waals surface area (Å²) in [5.74, 6) is 1.21. The normalized spacial score (nSPS) is 21.1. The minimum absolute atomic E-state index is 0.0392. The van der Waals surface area contributed by atoms with Gasteiger partial charge in [0.05, 0.1) is 11.5 Å². The molecule has 0 bridgehead atoms. The van der Waals surface area contributed by atoms with Gasteiger partial charge in [0.25, 0.3) is 0 Å². The third kappa shape index (κ3) is 4.51. The lowest BCUT2D eigenvalue weighted by Crippen LogP contribution is -2.39. The Kier molecular flexibility index (Phi) is 4.99. The monoisotopic (exact) mass is 294 g/mol. The average Bonchev–Trinajstić information content (AvgIpc) is 2.43. The molecule has 0 spiro atoms. The van der Waals surface area contributed by atoms with Gasteiger partial charge in [-0.25, -0.2) is 8.42 Å². The first-order valence-corrected chi connectivity index (χ1v) is 8.44. The van der Waals surface area contributed by atoms with Crippen LogP contribution >= 0.6 is 0 Å². The number of hydrogen-bond donors (Lipinski definition) is 1. The predicted octanol–water partition coefficient (Wildman–Crippen LogP) is 1.26. The fraction of sp³-hybridized carbons (Fsp3) is 0.500. The van der Waals surface area contributed by atoms with Crippen molar-refractivity contribution in [2.24, 2.45) is 0 Å². The van der Waals surface area contributed by atoms with Crippen LogP contribution in [0.3, 0.4) is 0 Å². The maximum atomic E-state index is 11.5. The maximum absolute atomic E-state index is 11.5. The van der Waals surface area contributed by atoms with E-state index in [1.165, 1.54) is 0 Å². The summed E-state index contributed by atoms with van der Waals surface area (Å²) in [6.45, 7) is 0.677. The Hall–Kier alpha value is -1.58. The second-order valence-corrected chi connectivity index (χ2v) is 7.15. The highest BCUT2D eigenvalue weighted by atomic mass is 32.2. The summed E-state index contributed by atoms with van der Waals surface area (Å²) in [6, 6.07) is 9.41. The van der Waals surface area contributed by atoms with Crippen molar-refractivity contribution in [3.8, 4) is 11.8 Å². The molecule has 20 heavy (non-hydrogen) atoms. The zero-order valence-electron chi connectivity index (χ0n) is 11.2.